The quantitative estimate of drug-likeness (QED) is 0.891. The van der Waals surface area contributed by atoms with Crippen molar-refractivity contribution in [2.75, 3.05) is 6.54 Å². The minimum absolute atomic E-state index is 0.0743. The van der Waals surface area contributed by atoms with Crippen molar-refractivity contribution >= 4 is 28.6 Å². The molecule has 0 spiro atoms. The maximum atomic E-state index is 11.7. The largest absolute Gasteiger partial charge is 0.444 e. The average molecular weight is 323 g/mol. The number of rotatable bonds is 3. The molecule has 22 heavy (non-hydrogen) atoms. The maximum Gasteiger partial charge on any atom is 0.407 e. The first-order chi connectivity index (χ1) is 10.2. The molecule has 0 unspecified atom stereocenters. The summed E-state index contributed by atoms with van der Waals surface area (Å²) in [5.74, 6) is 0. The van der Waals surface area contributed by atoms with Gasteiger partial charge in [-0.1, -0.05) is 11.6 Å². The zero-order valence-corrected chi connectivity index (χ0v) is 14.5. The van der Waals surface area contributed by atoms with Crippen LogP contribution in [0.3, 0.4) is 0 Å². The van der Waals surface area contributed by atoms with Crippen molar-refractivity contribution in [3.05, 3.63) is 35.0 Å². The third-order valence-corrected chi connectivity index (χ3v) is 3.61. The van der Waals surface area contributed by atoms with Crippen LogP contribution in [0, 0.1) is 6.92 Å². The summed E-state index contributed by atoms with van der Waals surface area (Å²) in [4.78, 5) is 11.7. The molecule has 1 aromatic heterocycles. The molecule has 0 radical (unpaired) electrons. The van der Waals surface area contributed by atoms with E-state index in [0.29, 0.717) is 6.54 Å². The number of alkyl carbamates (subject to hydrolysis) is 1. The van der Waals surface area contributed by atoms with Crippen LogP contribution >= 0.6 is 11.6 Å². The van der Waals surface area contributed by atoms with Gasteiger partial charge in [0.05, 0.1) is 10.5 Å². The van der Waals surface area contributed by atoms with Gasteiger partial charge in [-0.05, 0) is 58.4 Å². The van der Waals surface area contributed by atoms with Crippen molar-refractivity contribution in [2.24, 2.45) is 0 Å². The molecule has 0 fully saturated rings. The fraction of sp³-hybridized carbons (Fsp3) is 0.471. The highest BCUT2D eigenvalue weighted by Crippen LogP contribution is 2.28. The number of hydrogen-bond donors (Lipinski definition) is 1. The van der Waals surface area contributed by atoms with E-state index in [4.69, 9.17) is 16.3 Å². The molecule has 0 saturated heterocycles. The second kappa shape index (κ2) is 6.21. The predicted molar refractivity (Wildman–Crippen MR) is 90.6 cm³/mol. The highest BCUT2D eigenvalue weighted by atomic mass is 35.5. The molecular formula is C17H23ClN2O2. The van der Waals surface area contributed by atoms with Gasteiger partial charge in [-0.2, -0.15) is 0 Å². The third-order valence-electron chi connectivity index (χ3n) is 3.33. The maximum absolute atomic E-state index is 11.7. The number of nitrogens with zero attached hydrogens (tertiary/aromatic N) is 1. The van der Waals surface area contributed by atoms with Gasteiger partial charge in [-0.15, -0.1) is 0 Å². The van der Waals surface area contributed by atoms with Gasteiger partial charge < -0.3 is 14.6 Å². The molecule has 1 atom stereocenters. The Morgan fingerprint density at radius 1 is 1.41 bits per heavy atom. The monoisotopic (exact) mass is 322 g/mol. The van der Waals surface area contributed by atoms with E-state index in [1.165, 1.54) is 0 Å². The van der Waals surface area contributed by atoms with E-state index in [9.17, 15) is 4.79 Å². The Morgan fingerprint density at radius 3 is 2.73 bits per heavy atom. The lowest BCUT2D eigenvalue weighted by molar-refractivity contribution is 0.0521. The van der Waals surface area contributed by atoms with Crippen molar-refractivity contribution in [1.82, 2.24) is 9.88 Å². The number of fused-ring (bicyclic) bond motifs is 1. The number of ether oxygens (including phenoxy) is 1. The standard InChI is InChI=1S/C17H23ClN2O2/c1-11-8-13-6-7-20(15(13)14(18)9-11)12(2)10-19-16(21)22-17(3,4)5/h6-9,12H,10H2,1-5H3,(H,19,21)/t12-/m1/s1. The van der Waals surface area contributed by atoms with E-state index in [1.807, 2.05) is 52.9 Å². The van der Waals surface area contributed by atoms with Crippen molar-refractivity contribution < 1.29 is 9.53 Å². The molecule has 1 aromatic carbocycles. The fourth-order valence-electron chi connectivity index (χ4n) is 2.41. The molecule has 0 aliphatic rings. The Balaban J connectivity index is 2.11. The highest BCUT2D eigenvalue weighted by molar-refractivity contribution is 6.35. The number of aryl methyl sites for hydroxylation is 1. The molecule has 1 heterocycles. The Kier molecular flexibility index (Phi) is 4.71. The minimum atomic E-state index is -0.492. The van der Waals surface area contributed by atoms with E-state index in [1.54, 1.807) is 0 Å². The van der Waals surface area contributed by atoms with Crippen LogP contribution in [-0.4, -0.2) is 22.8 Å². The number of carbonyl (C=O) groups excluding carboxylic acids is 1. The summed E-state index contributed by atoms with van der Waals surface area (Å²) in [6.07, 6.45) is 1.59. The summed E-state index contributed by atoms with van der Waals surface area (Å²) in [6.45, 7) is 10.1. The van der Waals surface area contributed by atoms with Crippen molar-refractivity contribution in [1.29, 1.82) is 0 Å². The number of hydrogen-bond acceptors (Lipinski definition) is 2. The van der Waals surface area contributed by atoms with Crippen LogP contribution in [-0.2, 0) is 4.74 Å². The fourth-order valence-corrected chi connectivity index (χ4v) is 2.79. The average Bonchev–Trinajstić information content (AvgIpc) is 2.77. The zero-order valence-electron chi connectivity index (χ0n) is 13.7. The Labute approximate surface area is 136 Å². The van der Waals surface area contributed by atoms with Crippen LogP contribution in [0.5, 0.6) is 0 Å². The second-order valence-electron chi connectivity index (χ2n) is 6.64. The normalized spacial score (nSPS) is 13.2. The SMILES string of the molecule is Cc1cc(Cl)c2c(ccn2[C@H](C)CNC(=O)OC(C)(C)C)c1. The summed E-state index contributed by atoms with van der Waals surface area (Å²) in [5, 5.41) is 4.63. The molecule has 0 saturated carbocycles. The van der Waals surface area contributed by atoms with Crippen LogP contribution in [0.1, 0.15) is 39.3 Å². The first kappa shape index (κ1) is 16.7. The van der Waals surface area contributed by atoms with E-state index < -0.39 is 11.7 Å². The summed E-state index contributed by atoms with van der Waals surface area (Å²) >= 11 is 6.37. The number of benzene rings is 1. The van der Waals surface area contributed by atoms with Crippen molar-refractivity contribution in [3.63, 3.8) is 0 Å². The van der Waals surface area contributed by atoms with Crippen LogP contribution in [0.15, 0.2) is 24.4 Å². The highest BCUT2D eigenvalue weighted by Gasteiger charge is 2.17. The zero-order chi connectivity index (χ0) is 16.5. The van der Waals surface area contributed by atoms with Gasteiger partial charge in [0.1, 0.15) is 5.60 Å². The molecule has 0 aliphatic heterocycles. The van der Waals surface area contributed by atoms with E-state index >= 15 is 0 Å². The predicted octanol–water partition coefficient (Wildman–Crippen LogP) is 4.69. The van der Waals surface area contributed by atoms with Gasteiger partial charge in [0.2, 0.25) is 0 Å². The Hall–Kier alpha value is -1.68. The summed E-state index contributed by atoms with van der Waals surface area (Å²) in [5.41, 5.74) is 1.63. The summed E-state index contributed by atoms with van der Waals surface area (Å²) in [6, 6.07) is 6.17. The van der Waals surface area contributed by atoms with Crippen molar-refractivity contribution in [2.45, 2.75) is 46.3 Å². The number of carbonyl (C=O) groups is 1. The molecule has 0 bridgehead atoms. The van der Waals surface area contributed by atoms with Gasteiger partial charge in [0.25, 0.3) is 0 Å². The first-order valence-electron chi connectivity index (χ1n) is 7.41. The van der Waals surface area contributed by atoms with E-state index in [0.717, 1.165) is 21.5 Å². The first-order valence-corrected chi connectivity index (χ1v) is 7.79. The molecule has 1 N–H and O–H groups in total. The van der Waals surface area contributed by atoms with Crippen molar-refractivity contribution in [3.8, 4) is 0 Å². The van der Waals surface area contributed by atoms with E-state index in [-0.39, 0.29) is 6.04 Å². The Bertz CT molecular complexity index is 686. The van der Waals surface area contributed by atoms with Gasteiger partial charge in [0, 0.05) is 24.2 Å². The van der Waals surface area contributed by atoms with Gasteiger partial charge in [0.15, 0.2) is 0 Å². The molecule has 2 aromatic rings. The van der Waals surface area contributed by atoms with Crippen LogP contribution < -0.4 is 5.32 Å². The number of halogens is 1. The molecular weight excluding hydrogens is 300 g/mol. The second-order valence-corrected chi connectivity index (χ2v) is 7.05. The van der Waals surface area contributed by atoms with Gasteiger partial charge in [-0.3, -0.25) is 0 Å². The topological polar surface area (TPSA) is 43.3 Å². The number of amides is 1. The molecule has 5 heteroatoms. The molecule has 2 rings (SSSR count). The summed E-state index contributed by atoms with van der Waals surface area (Å²) in [7, 11) is 0. The Morgan fingerprint density at radius 2 is 2.09 bits per heavy atom. The minimum Gasteiger partial charge on any atom is -0.444 e. The number of aromatic nitrogens is 1. The van der Waals surface area contributed by atoms with Gasteiger partial charge >= 0.3 is 6.09 Å². The molecule has 0 aliphatic carbocycles. The summed E-state index contributed by atoms with van der Waals surface area (Å²) < 4.78 is 7.32. The van der Waals surface area contributed by atoms with Gasteiger partial charge in [-0.25, -0.2) is 4.79 Å². The molecule has 4 nitrogen and oxygen atoms in total. The lowest BCUT2D eigenvalue weighted by atomic mass is 10.2. The lowest BCUT2D eigenvalue weighted by Gasteiger charge is -2.21. The van der Waals surface area contributed by atoms with Crippen LogP contribution in [0.25, 0.3) is 10.9 Å². The number of nitrogens with one attached hydrogen (secondary N) is 1. The van der Waals surface area contributed by atoms with Crippen LogP contribution in [0.4, 0.5) is 4.79 Å². The third kappa shape index (κ3) is 3.95. The molecule has 120 valence electrons. The molecule has 1 amide bonds. The lowest BCUT2D eigenvalue weighted by Crippen LogP contribution is -2.35. The smallest absolute Gasteiger partial charge is 0.407 e. The van der Waals surface area contributed by atoms with E-state index in [2.05, 4.69) is 16.0 Å². The van der Waals surface area contributed by atoms with Crippen LogP contribution in [0.2, 0.25) is 5.02 Å².